The van der Waals surface area contributed by atoms with Crippen LogP contribution in [0.1, 0.15) is 50.4 Å². The van der Waals surface area contributed by atoms with Gasteiger partial charge >= 0.3 is 0 Å². The monoisotopic (exact) mass is 380 g/mol. The molecule has 2 heterocycles. The maximum Gasteiger partial charge on any atom is 0.123 e. The standard InChI is InChI=1S/C27H28N2/c1-19-22-17-11-12-18-23(22)28-25-27(20-13-7-5-8-14-20,21-15-9-6-10-16-21)24(29(19)25)26(2,3)4/h5-19,24H,1-4H3/t19-,24-/m0/s1. The fourth-order valence-corrected chi connectivity index (χ4v) is 5.56. The maximum absolute atomic E-state index is 5.28. The van der Waals surface area contributed by atoms with E-state index in [9.17, 15) is 0 Å². The normalized spacial score (nSPS) is 22.2. The molecule has 2 aliphatic heterocycles. The summed E-state index contributed by atoms with van der Waals surface area (Å²) in [5.74, 6) is 1.18. The van der Waals surface area contributed by atoms with Gasteiger partial charge in [0.2, 0.25) is 0 Å². The molecule has 0 saturated carbocycles. The third-order valence-corrected chi connectivity index (χ3v) is 6.59. The van der Waals surface area contributed by atoms with Crippen LogP contribution in [0.3, 0.4) is 0 Å². The Bertz CT molecular complexity index is 1020. The van der Waals surface area contributed by atoms with Crippen LogP contribution in [0.5, 0.6) is 0 Å². The van der Waals surface area contributed by atoms with Gasteiger partial charge in [0.25, 0.3) is 0 Å². The van der Waals surface area contributed by atoms with Gasteiger partial charge in [-0.3, -0.25) is 0 Å². The van der Waals surface area contributed by atoms with Gasteiger partial charge in [-0.2, -0.15) is 0 Å². The highest BCUT2D eigenvalue weighted by Gasteiger charge is 2.65. The van der Waals surface area contributed by atoms with E-state index < -0.39 is 0 Å². The Morgan fingerprint density at radius 2 is 1.28 bits per heavy atom. The van der Waals surface area contributed by atoms with Crippen LogP contribution in [-0.2, 0) is 5.41 Å². The highest BCUT2D eigenvalue weighted by molar-refractivity contribution is 6.06. The second-order valence-electron chi connectivity index (χ2n) is 9.39. The predicted molar refractivity (Wildman–Crippen MR) is 121 cm³/mol. The first kappa shape index (κ1) is 18.2. The second-order valence-corrected chi connectivity index (χ2v) is 9.39. The lowest BCUT2D eigenvalue weighted by molar-refractivity contribution is 0.0347. The topological polar surface area (TPSA) is 15.6 Å². The van der Waals surface area contributed by atoms with Crippen molar-refractivity contribution >= 4 is 11.5 Å². The molecule has 1 fully saturated rings. The summed E-state index contributed by atoms with van der Waals surface area (Å²) in [7, 11) is 0. The van der Waals surface area contributed by atoms with E-state index in [0.29, 0.717) is 12.1 Å². The van der Waals surface area contributed by atoms with Crippen molar-refractivity contribution in [1.82, 2.24) is 4.90 Å². The number of aliphatic imine (C=N–C) groups is 1. The van der Waals surface area contributed by atoms with Gasteiger partial charge < -0.3 is 4.90 Å². The summed E-state index contributed by atoms with van der Waals surface area (Å²) in [4.78, 5) is 7.85. The Morgan fingerprint density at radius 3 is 1.83 bits per heavy atom. The number of amidine groups is 1. The van der Waals surface area contributed by atoms with E-state index in [4.69, 9.17) is 4.99 Å². The molecule has 29 heavy (non-hydrogen) atoms. The number of nitrogens with zero attached hydrogens (tertiary/aromatic N) is 2. The molecule has 0 N–H and O–H groups in total. The number of hydrogen-bond donors (Lipinski definition) is 0. The first-order valence-electron chi connectivity index (χ1n) is 10.5. The van der Waals surface area contributed by atoms with Gasteiger partial charge in [-0.1, -0.05) is 99.6 Å². The number of fused-ring (bicyclic) bond motifs is 2. The van der Waals surface area contributed by atoms with E-state index in [1.807, 2.05) is 0 Å². The Hall–Kier alpha value is -2.87. The van der Waals surface area contributed by atoms with Crippen molar-refractivity contribution in [3.63, 3.8) is 0 Å². The molecule has 3 aromatic carbocycles. The molecule has 0 amide bonds. The van der Waals surface area contributed by atoms with Crippen molar-refractivity contribution in [3.8, 4) is 0 Å². The van der Waals surface area contributed by atoms with E-state index >= 15 is 0 Å². The van der Waals surface area contributed by atoms with Crippen LogP contribution < -0.4 is 0 Å². The van der Waals surface area contributed by atoms with E-state index in [2.05, 4.69) is 118 Å². The molecule has 0 spiro atoms. The third-order valence-electron chi connectivity index (χ3n) is 6.59. The van der Waals surface area contributed by atoms with Gasteiger partial charge in [-0.25, -0.2) is 4.99 Å². The number of benzene rings is 3. The third kappa shape index (κ3) is 2.45. The lowest BCUT2D eigenvalue weighted by Crippen LogP contribution is -2.76. The van der Waals surface area contributed by atoms with Crippen LogP contribution in [0.25, 0.3) is 0 Å². The fraction of sp³-hybridized carbons (Fsp3) is 0.296. The summed E-state index contributed by atoms with van der Waals surface area (Å²) in [5, 5.41) is 0. The average Bonchev–Trinajstić information content (AvgIpc) is 2.71. The van der Waals surface area contributed by atoms with Crippen LogP contribution in [0.15, 0.2) is 89.9 Å². The van der Waals surface area contributed by atoms with Crippen molar-refractivity contribution in [2.24, 2.45) is 10.4 Å². The Kier molecular flexibility index (Phi) is 3.96. The molecule has 0 unspecified atom stereocenters. The Morgan fingerprint density at radius 1 is 0.759 bits per heavy atom. The van der Waals surface area contributed by atoms with Crippen LogP contribution in [0, 0.1) is 5.41 Å². The van der Waals surface area contributed by atoms with Crippen molar-refractivity contribution in [1.29, 1.82) is 0 Å². The van der Waals surface area contributed by atoms with E-state index in [1.165, 1.54) is 22.5 Å². The van der Waals surface area contributed by atoms with Crippen molar-refractivity contribution in [3.05, 3.63) is 102 Å². The second kappa shape index (κ2) is 6.32. The summed E-state index contributed by atoms with van der Waals surface area (Å²) in [6.45, 7) is 9.42. The van der Waals surface area contributed by atoms with Gasteiger partial charge in [-0.05, 0) is 29.5 Å². The molecule has 2 aliphatic rings. The van der Waals surface area contributed by atoms with Gasteiger partial charge in [0, 0.05) is 5.56 Å². The minimum atomic E-state index is -0.247. The Balaban J connectivity index is 1.85. The molecule has 2 nitrogen and oxygen atoms in total. The van der Waals surface area contributed by atoms with Gasteiger partial charge in [-0.15, -0.1) is 0 Å². The molecule has 5 rings (SSSR count). The first-order chi connectivity index (χ1) is 14.0. The number of para-hydroxylation sites is 1. The summed E-state index contributed by atoms with van der Waals surface area (Å²) in [5.41, 5.74) is 4.91. The zero-order chi connectivity index (χ0) is 20.2. The highest BCUT2D eigenvalue weighted by atomic mass is 15.4. The van der Waals surface area contributed by atoms with E-state index in [1.54, 1.807) is 0 Å². The molecule has 0 aliphatic carbocycles. The van der Waals surface area contributed by atoms with Crippen molar-refractivity contribution in [2.75, 3.05) is 0 Å². The average molecular weight is 381 g/mol. The molecule has 0 radical (unpaired) electrons. The van der Waals surface area contributed by atoms with Crippen LogP contribution in [0.4, 0.5) is 5.69 Å². The molecule has 2 heteroatoms. The molecule has 146 valence electrons. The molecule has 0 aromatic heterocycles. The van der Waals surface area contributed by atoms with Crippen LogP contribution in [-0.4, -0.2) is 16.8 Å². The number of rotatable bonds is 2. The zero-order valence-corrected chi connectivity index (χ0v) is 17.6. The minimum Gasteiger partial charge on any atom is -0.347 e. The predicted octanol–water partition coefficient (Wildman–Crippen LogP) is 6.51. The lowest BCUT2D eigenvalue weighted by atomic mass is 9.54. The van der Waals surface area contributed by atoms with E-state index in [-0.39, 0.29) is 10.8 Å². The van der Waals surface area contributed by atoms with Gasteiger partial charge in [0.15, 0.2) is 0 Å². The van der Waals surface area contributed by atoms with Gasteiger partial charge in [0.1, 0.15) is 5.84 Å². The van der Waals surface area contributed by atoms with Crippen LogP contribution >= 0.6 is 0 Å². The molecule has 1 saturated heterocycles. The smallest absolute Gasteiger partial charge is 0.123 e. The molecule has 2 atom stereocenters. The largest absolute Gasteiger partial charge is 0.347 e. The van der Waals surface area contributed by atoms with Gasteiger partial charge in [0.05, 0.1) is 23.2 Å². The minimum absolute atomic E-state index is 0.0746. The zero-order valence-electron chi connectivity index (χ0n) is 17.6. The number of hydrogen-bond acceptors (Lipinski definition) is 2. The summed E-state index contributed by atoms with van der Waals surface area (Å²) in [6.07, 6.45) is 0. The molecule has 3 aromatic rings. The highest BCUT2D eigenvalue weighted by Crippen LogP contribution is 2.59. The van der Waals surface area contributed by atoms with Crippen LogP contribution in [0.2, 0.25) is 0 Å². The maximum atomic E-state index is 5.28. The SMILES string of the molecule is C[C@H]1c2ccccc2N=C2N1[C@@H](C(C)(C)C)C2(c1ccccc1)c1ccccc1. The van der Waals surface area contributed by atoms with E-state index in [0.717, 1.165) is 5.69 Å². The molecule has 0 bridgehead atoms. The fourth-order valence-electron chi connectivity index (χ4n) is 5.56. The quantitative estimate of drug-likeness (QED) is 0.495. The summed E-state index contributed by atoms with van der Waals surface area (Å²) < 4.78 is 0. The first-order valence-corrected chi connectivity index (χ1v) is 10.5. The lowest BCUT2D eigenvalue weighted by Gasteiger charge is -2.67. The molecular formula is C27H28N2. The van der Waals surface area contributed by atoms with Crippen molar-refractivity contribution < 1.29 is 0 Å². The molecular weight excluding hydrogens is 352 g/mol. The Labute approximate surface area is 173 Å². The summed E-state index contributed by atoms with van der Waals surface area (Å²) in [6, 6.07) is 31.1. The summed E-state index contributed by atoms with van der Waals surface area (Å²) >= 11 is 0. The van der Waals surface area contributed by atoms with Crippen molar-refractivity contribution in [2.45, 2.75) is 45.2 Å².